The van der Waals surface area contributed by atoms with Gasteiger partial charge in [0.2, 0.25) is 5.91 Å². The van der Waals surface area contributed by atoms with Crippen molar-refractivity contribution in [2.45, 2.75) is 18.4 Å². The molecule has 0 radical (unpaired) electrons. The number of hydrazone groups is 1. The van der Waals surface area contributed by atoms with Crippen molar-refractivity contribution in [1.82, 2.24) is 10.4 Å². The van der Waals surface area contributed by atoms with Crippen molar-refractivity contribution in [2.75, 3.05) is 5.75 Å². The smallest absolute Gasteiger partial charge is 0.240 e. The van der Waals surface area contributed by atoms with E-state index in [9.17, 15) is 4.79 Å². The summed E-state index contributed by atoms with van der Waals surface area (Å²) in [5.74, 6) is 0.680. The molecule has 0 aromatic carbocycles. The molecule has 0 bridgehead atoms. The van der Waals surface area contributed by atoms with Gasteiger partial charge in [0.1, 0.15) is 5.03 Å². The summed E-state index contributed by atoms with van der Waals surface area (Å²) in [7, 11) is 3.18. The molecule has 0 unspecified atom stereocenters. The summed E-state index contributed by atoms with van der Waals surface area (Å²) < 4.78 is 0. The van der Waals surface area contributed by atoms with E-state index < -0.39 is 0 Å². The fourth-order valence-electron chi connectivity index (χ4n) is 0.825. The molecule has 1 heterocycles. The highest BCUT2D eigenvalue weighted by atomic mass is 33.1. The van der Waals surface area contributed by atoms with E-state index in [1.165, 1.54) is 0 Å². The van der Waals surface area contributed by atoms with Gasteiger partial charge in [-0.2, -0.15) is 5.10 Å². The lowest BCUT2D eigenvalue weighted by molar-refractivity contribution is -0.120. The second kappa shape index (κ2) is 8.18. The quantitative estimate of drug-likeness (QED) is 0.367. The molecule has 1 aromatic heterocycles. The summed E-state index contributed by atoms with van der Waals surface area (Å²) in [6, 6.07) is 5.77. The summed E-state index contributed by atoms with van der Waals surface area (Å²) in [5.41, 5.74) is 2.42. The van der Waals surface area contributed by atoms with Gasteiger partial charge in [-0.3, -0.25) is 4.79 Å². The molecular weight excluding hydrogens is 242 g/mol. The van der Waals surface area contributed by atoms with E-state index >= 15 is 0 Å². The van der Waals surface area contributed by atoms with E-state index in [1.54, 1.807) is 40.9 Å². The molecule has 0 atom stereocenters. The van der Waals surface area contributed by atoms with Crippen LogP contribution in [0.15, 0.2) is 34.5 Å². The third kappa shape index (κ3) is 5.77. The van der Waals surface area contributed by atoms with E-state index in [0.29, 0.717) is 6.42 Å². The average molecular weight is 255 g/mol. The molecular formula is C10H13N3OS2. The minimum Gasteiger partial charge on any atom is -0.273 e. The zero-order valence-corrected chi connectivity index (χ0v) is 10.6. The fourth-order valence-corrected chi connectivity index (χ4v) is 2.69. The Balaban J connectivity index is 2.10. The largest absolute Gasteiger partial charge is 0.273 e. The standard InChI is InChI=1S/C10H13N3OS2/c1-2-12-13-9(14)6-8-15-16-10-5-3-4-7-11-10/h2-5,7H,6,8H2,1H3,(H,13,14)/b12-2+. The first-order valence-electron chi connectivity index (χ1n) is 4.80. The molecule has 16 heavy (non-hydrogen) atoms. The molecule has 6 heteroatoms. The number of carbonyl (C=O) groups excluding carboxylic acids is 1. The average Bonchev–Trinajstić information content (AvgIpc) is 2.33. The molecule has 0 fully saturated rings. The number of hydrogen-bond acceptors (Lipinski definition) is 5. The molecule has 0 aliphatic rings. The number of hydrogen-bond donors (Lipinski definition) is 1. The minimum absolute atomic E-state index is 0.0628. The Morgan fingerprint density at radius 2 is 2.50 bits per heavy atom. The van der Waals surface area contributed by atoms with Crippen molar-refractivity contribution in [1.29, 1.82) is 0 Å². The van der Waals surface area contributed by atoms with Crippen LogP contribution in [0.2, 0.25) is 0 Å². The lowest BCUT2D eigenvalue weighted by Crippen LogP contribution is -2.17. The van der Waals surface area contributed by atoms with E-state index in [1.807, 2.05) is 18.2 Å². The van der Waals surface area contributed by atoms with Gasteiger partial charge in [0.15, 0.2) is 0 Å². The lowest BCUT2D eigenvalue weighted by atomic mass is 10.5. The Morgan fingerprint density at radius 1 is 1.62 bits per heavy atom. The summed E-state index contributed by atoms with van der Waals surface area (Å²) >= 11 is 0. The number of carbonyl (C=O) groups is 1. The Labute approximate surface area is 103 Å². The maximum Gasteiger partial charge on any atom is 0.240 e. The van der Waals surface area contributed by atoms with Crippen LogP contribution in [-0.4, -0.2) is 22.9 Å². The Bertz CT molecular complexity index is 343. The van der Waals surface area contributed by atoms with Crippen molar-refractivity contribution in [3.8, 4) is 0 Å². The van der Waals surface area contributed by atoms with Crippen LogP contribution < -0.4 is 5.43 Å². The third-order valence-corrected chi connectivity index (χ3v) is 3.78. The number of aromatic nitrogens is 1. The predicted molar refractivity (Wildman–Crippen MR) is 69.5 cm³/mol. The van der Waals surface area contributed by atoms with Crippen LogP contribution in [-0.2, 0) is 4.79 Å². The highest BCUT2D eigenvalue weighted by molar-refractivity contribution is 8.76. The molecule has 1 N–H and O–H groups in total. The fraction of sp³-hybridized carbons (Fsp3) is 0.300. The maximum absolute atomic E-state index is 11.2. The molecule has 0 spiro atoms. The molecule has 0 saturated carbocycles. The zero-order chi connectivity index (χ0) is 11.6. The molecule has 0 aliphatic heterocycles. The van der Waals surface area contributed by atoms with Gasteiger partial charge < -0.3 is 0 Å². The normalized spacial score (nSPS) is 10.6. The Morgan fingerprint density at radius 3 is 3.19 bits per heavy atom. The van der Waals surface area contributed by atoms with Crippen molar-refractivity contribution in [2.24, 2.45) is 5.10 Å². The van der Waals surface area contributed by atoms with E-state index in [2.05, 4.69) is 15.5 Å². The maximum atomic E-state index is 11.2. The van der Waals surface area contributed by atoms with Gasteiger partial charge in [0.25, 0.3) is 0 Å². The van der Waals surface area contributed by atoms with Crippen LogP contribution in [0.25, 0.3) is 0 Å². The van der Waals surface area contributed by atoms with Gasteiger partial charge in [-0.15, -0.1) is 0 Å². The van der Waals surface area contributed by atoms with Crippen LogP contribution in [0.4, 0.5) is 0 Å². The summed E-state index contributed by atoms with van der Waals surface area (Å²) in [6.45, 7) is 1.76. The molecule has 1 aromatic rings. The van der Waals surface area contributed by atoms with Crippen molar-refractivity contribution in [3.63, 3.8) is 0 Å². The summed E-state index contributed by atoms with van der Waals surface area (Å²) in [4.78, 5) is 15.3. The number of pyridine rings is 1. The van der Waals surface area contributed by atoms with Crippen LogP contribution in [0.3, 0.4) is 0 Å². The number of nitrogens with one attached hydrogen (secondary N) is 1. The van der Waals surface area contributed by atoms with Crippen LogP contribution in [0, 0.1) is 0 Å². The van der Waals surface area contributed by atoms with Crippen LogP contribution >= 0.6 is 21.6 Å². The second-order valence-electron chi connectivity index (χ2n) is 2.75. The predicted octanol–water partition coefficient (Wildman–Crippen LogP) is 2.33. The van der Waals surface area contributed by atoms with Crippen molar-refractivity contribution < 1.29 is 4.79 Å². The molecule has 0 aliphatic carbocycles. The molecule has 0 saturated heterocycles. The lowest BCUT2D eigenvalue weighted by Gasteiger charge is -1.99. The van der Waals surface area contributed by atoms with Crippen LogP contribution in [0.1, 0.15) is 13.3 Å². The second-order valence-corrected chi connectivity index (χ2v) is 5.18. The van der Waals surface area contributed by atoms with Crippen molar-refractivity contribution in [3.05, 3.63) is 24.4 Å². The third-order valence-electron chi connectivity index (χ3n) is 1.51. The molecule has 1 rings (SSSR count). The van der Waals surface area contributed by atoms with Gasteiger partial charge in [0.05, 0.1) is 0 Å². The van der Waals surface area contributed by atoms with Gasteiger partial charge in [0, 0.05) is 24.6 Å². The first kappa shape index (κ1) is 13.1. The van der Waals surface area contributed by atoms with Gasteiger partial charge in [-0.05, 0) is 29.9 Å². The number of amides is 1. The highest BCUT2D eigenvalue weighted by Gasteiger charge is 2.00. The molecule has 1 amide bonds. The first-order chi connectivity index (χ1) is 7.83. The Hall–Kier alpha value is -1.01. The van der Waals surface area contributed by atoms with E-state index in [-0.39, 0.29) is 5.91 Å². The minimum atomic E-state index is -0.0628. The molecule has 4 nitrogen and oxygen atoms in total. The monoisotopic (exact) mass is 255 g/mol. The number of nitrogens with zero attached hydrogens (tertiary/aromatic N) is 2. The van der Waals surface area contributed by atoms with Gasteiger partial charge >= 0.3 is 0 Å². The van der Waals surface area contributed by atoms with E-state index in [0.717, 1.165) is 10.8 Å². The summed E-state index contributed by atoms with van der Waals surface area (Å²) in [5, 5.41) is 4.61. The molecule has 86 valence electrons. The van der Waals surface area contributed by atoms with Crippen LogP contribution in [0.5, 0.6) is 0 Å². The SMILES string of the molecule is C/C=N/NC(=O)CCSSc1ccccn1. The first-order valence-corrected chi connectivity index (χ1v) is 7.12. The Kier molecular flexibility index (Phi) is 6.67. The summed E-state index contributed by atoms with van der Waals surface area (Å²) in [6.07, 6.45) is 3.76. The van der Waals surface area contributed by atoms with Gasteiger partial charge in [-0.1, -0.05) is 16.9 Å². The van der Waals surface area contributed by atoms with Crippen molar-refractivity contribution >= 4 is 33.7 Å². The van der Waals surface area contributed by atoms with E-state index in [4.69, 9.17) is 0 Å². The zero-order valence-electron chi connectivity index (χ0n) is 8.92. The highest BCUT2D eigenvalue weighted by Crippen LogP contribution is 2.29. The topological polar surface area (TPSA) is 54.4 Å². The van der Waals surface area contributed by atoms with Gasteiger partial charge in [-0.25, -0.2) is 10.4 Å². The number of rotatable bonds is 6.